The molecule has 0 aliphatic carbocycles. The molecule has 1 aliphatic rings. The average Bonchev–Trinajstić information content (AvgIpc) is 2.25. The summed E-state index contributed by atoms with van der Waals surface area (Å²) in [5.74, 6) is 0.839. The molecule has 1 aliphatic heterocycles. The number of rotatable bonds is 3. The summed E-state index contributed by atoms with van der Waals surface area (Å²) in [7, 11) is 0. The predicted octanol–water partition coefficient (Wildman–Crippen LogP) is 2.45. The van der Waals surface area contributed by atoms with Crippen LogP contribution < -0.4 is 5.32 Å². The summed E-state index contributed by atoms with van der Waals surface area (Å²) >= 11 is 3.34. The van der Waals surface area contributed by atoms with E-state index < -0.39 is 0 Å². The van der Waals surface area contributed by atoms with E-state index in [1.165, 1.54) is 0 Å². The summed E-state index contributed by atoms with van der Waals surface area (Å²) < 4.78 is 12.2. The molecule has 94 valence electrons. The molecule has 0 amide bonds. The van der Waals surface area contributed by atoms with E-state index in [9.17, 15) is 0 Å². The lowest BCUT2D eigenvalue weighted by atomic mass is 10.1. The molecule has 1 unspecified atom stereocenters. The van der Waals surface area contributed by atoms with Gasteiger partial charge in [0.15, 0.2) is 0 Å². The van der Waals surface area contributed by atoms with Crippen LogP contribution in [0.4, 0.5) is 5.82 Å². The Morgan fingerprint density at radius 3 is 3.06 bits per heavy atom. The molecule has 1 saturated heterocycles. The van der Waals surface area contributed by atoms with E-state index in [0.717, 1.165) is 10.4 Å². The largest absolute Gasteiger partial charge is 0.376 e. The summed E-state index contributed by atoms with van der Waals surface area (Å²) in [6, 6.07) is 5.77. The zero-order valence-electron chi connectivity index (χ0n) is 10.1. The van der Waals surface area contributed by atoms with Gasteiger partial charge in [0, 0.05) is 6.54 Å². The molecular formula is C12H17BrN2O2. The highest BCUT2D eigenvalue weighted by Crippen LogP contribution is 2.19. The lowest BCUT2D eigenvalue weighted by molar-refractivity contribution is -0.177. The topological polar surface area (TPSA) is 43.4 Å². The van der Waals surface area contributed by atoms with Crippen LogP contribution >= 0.6 is 15.9 Å². The first kappa shape index (κ1) is 12.8. The molecule has 1 atom stereocenters. The second-order valence-electron chi connectivity index (χ2n) is 4.74. The summed E-state index contributed by atoms with van der Waals surface area (Å²) in [6.45, 7) is 6.06. The van der Waals surface area contributed by atoms with Gasteiger partial charge < -0.3 is 14.8 Å². The molecule has 0 radical (unpaired) electrons. The number of ether oxygens (including phenoxy) is 2. The van der Waals surface area contributed by atoms with Gasteiger partial charge in [-0.05, 0) is 41.9 Å². The summed E-state index contributed by atoms with van der Waals surface area (Å²) in [5.41, 5.74) is -0.199. The van der Waals surface area contributed by atoms with Gasteiger partial charge in [-0.2, -0.15) is 0 Å². The highest BCUT2D eigenvalue weighted by Gasteiger charge is 2.29. The normalized spacial score (nSPS) is 23.4. The van der Waals surface area contributed by atoms with Crippen molar-refractivity contribution < 1.29 is 9.47 Å². The molecule has 0 spiro atoms. The van der Waals surface area contributed by atoms with Crippen molar-refractivity contribution in [3.05, 3.63) is 22.8 Å². The van der Waals surface area contributed by atoms with Gasteiger partial charge in [-0.1, -0.05) is 6.07 Å². The smallest absolute Gasteiger partial charge is 0.127 e. The van der Waals surface area contributed by atoms with Crippen molar-refractivity contribution in [3.63, 3.8) is 0 Å². The minimum atomic E-state index is -0.199. The Bertz CT molecular complexity index is 385. The third kappa shape index (κ3) is 3.94. The Kier molecular flexibility index (Phi) is 4.01. The fourth-order valence-electron chi connectivity index (χ4n) is 1.78. The first-order chi connectivity index (χ1) is 8.05. The van der Waals surface area contributed by atoms with Crippen molar-refractivity contribution in [2.24, 2.45) is 0 Å². The van der Waals surface area contributed by atoms with Gasteiger partial charge >= 0.3 is 0 Å². The van der Waals surface area contributed by atoms with Gasteiger partial charge in [0.2, 0.25) is 0 Å². The van der Waals surface area contributed by atoms with Gasteiger partial charge in [-0.3, -0.25) is 0 Å². The summed E-state index contributed by atoms with van der Waals surface area (Å²) in [5, 5.41) is 3.25. The molecular weight excluding hydrogens is 284 g/mol. The van der Waals surface area contributed by atoms with E-state index in [-0.39, 0.29) is 11.7 Å². The summed E-state index contributed by atoms with van der Waals surface area (Å²) in [4.78, 5) is 4.30. The second kappa shape index (κ2) is 5.33. The minimum Gasteiger partial charge on any atom is -0.376 e. The van der Waals surface area contributed by atoms with Gasteiger partial charge in [-0.25, -0.2) is 4.98 Å². The maximum absolute atomic E-state index is 5.90. The number of anilines is 1. The Labute approximate surface area is 110 Å². The summed E-state index contributed by atoms with van der Waals surface area (Å²) in [6.07, 6.45) is 0.0690. The zero-order valence-corrected chi connectivity index (χ0v) is 11.7. The lowest BCUT2D eigenvalue weighted by Gasteiger charge is -2.35. The highest BCUT2D eigenvalue weighted by molar-refractivity contribution is 9.10. The highest BCUT2D eigenvalue weighted by atomic mass is 79.9. The predicted molar refractivity (Wildman–Crippen MR) is 70.2 cm³/mol. The number of hydrogen-bond donors (Lipinski definition) is 1. The van der Waals surface area contributed by atoms with Crippen LogP contribution in [0.25, 0.3) is 0 Å². The molecule has 2 heterocycles. The molecule has 1 N–H and O–H groups in total. The monoisotopic (exact) mass is 300 g/mol. The quantitative estimate of drug-likeness (QED) is 0.871. The van der Waals surface area contributed by atoms with Crippen molar-refractivity contribution >= 4 is 21.7 Å². The van der Waals surface area contributed by atoms with E-state index >= 15 is 0 Å². The minimum absolute atomic E-state index is 0.0690. The van der Waals surface area contributed by atoms with Crippen molar-refractivity contribution in [2.75, 3.05) is 25.1 Å². The van der Waals surface area contributed by atoms with Crippen LogP contribution in [0.15, 0.2) is 22.8 Å². The molecule has 4 nitrogen and oxygen atoms in total. The van der Waals surface area contributed by atoms with E-state index in [2.05, 4.69) is 26.2 Å². The first-order valence-electron chi connectivity index (χ1n) is 5.67. The zero-order chi connectivity index (χ0) is 12.3. The molecule has 2 rings (SSSR count). The molecule has 1 aromatic rings. The molecule has 1 aromatic heterocycles. The number of nitrogens with one attached hydrogen (secondary N) is 1. The standard InChI is InChI=1S/C12H17BrN2O2/c1-12(2)8-16-7-9(17-12)6-14-11-5-3-4-10(13)15-11/h3-5,9H,6-8H2,1-2H3,(H,14,15). The number of pyridine rings is 1. The van der Waals surface area contributed by atoms with Crippen LogP contribution in [0.3, 0.4) is 0 Å². The Balaban J connectivity index is 1.86. The van der Waals surface area contributed by atoms with E-state index in [0.29, 0.717) is 19.8 Å². The van der Waals surface area contributed by atoms with Crippen LogP contribution in [0.2, 0.25) is 0 Å². The fourth-order valence-corrected chi connectivity index (χ4v) is 2.12. The van der Waals surface area contributed by atoms with Gasteiger partial charge in [0.05, 0.1) is 24.9 Å². The second-order valence-corrected chi connectivity index (χ2v) is 5.55. The van der Waals surface area contributed by atoms with Gasteiger partial charge in [0.1, 0.15) is 10.4 Å². The average molecular weight is 301 g/mol. The van der Waals surface area contributed by atoms with Crippen LogP contribution in [-0.2, 0) is 9.47 Å². The number of aromatic nitrogens is 1. The molecule has 17 heavy (non-hydrogen) atoms. The first-order valence-corrected chi connectivity index (χ1v) is 6.46. The molecule has 0 saturated carbocycles. The van der Waals surface area contributed by atoms with Crippen LogP contribution in [0, 0.1) is 0 Å². The number of halogens is 1. The molecule has 5 heteroatoms. The number of nitrogens with zero attached hydrogens (tertiary/aromatic N) is 1. The Morgan fingerprint density at radius 1 is 1.53 bits per heavy atom. The van der Waals surface area contributed by atoms with Crippen molar-refractivity contribution in [2.45, 2.75) is 25.6 Å². The van der Waals surface area contributed by atoms with Crippen LogP contribution in [0.5, 0.6) is 0 Å². The third-order valence-corrected chi connectivity index (χ3v) is 2.91. The number of hydrogen-bond acceptors (Lipinski definition) is 4. The maximum atomic E-state index is 5.90. The SMILES string of the molecule is CC1(C)COCC(CNc2cccc(Br)n2)O1. The van der Waals surface area contributed by atoms with Crippen LogP contribution in [-0.4, -0.2) is 36.4 Å². The van der Waals surface area contributed by atoms with E-state index in [4.69, 9.17) is 9.47 Å². The molecule has 1 fully saturated rings. The van der Waals surface area contributed by atoms with E-state index in [1.807, 2.05) is 32.0 Å². The van der Waals surface area contributed by atoms with Crippen molar-refractivity contribution in [3.8, 4) is 0 Å². The molecule has 0 bridgehead atoms. The lowest BCUT2D eigenvalue weighted by Crippen LogP contribution is -2.45. The van der Waals surface area contributed by atoms with Crippen molar-refractivity contribution in [1.82, 2.24) is 4.98 Å². The fraction of sp³-hybridized carbons (Fsp3) is 0.583. The van der Waals surface area contributed by atoms with Gasteiger partial charge in [-0.15, -0.1) is 0 Å². The molecule has 0 aromatic carbocycles. The Hall–Kier alpha value is -0.650. The van der Waals surface area contributed by atoms with Gasteiger partial charge in [0.25, 0.3) is 0 Å². The van der Waals surface area contributed by atoms with Crippen molar-refractivity contribution in [1.29, 1.82) is 0 Å². The maximum Gasteiger partial charge on any atom is 0.127 e. The third-order valence-electron chi connectivity index (χ3n) is 2.47. The van der Waals surface area contributed by atoms with Crippen LogP contribution in [0.1, 0.15) is 13.8 Å². The van der Waals surface area contributed by atoms with E-state index in [1.54, 1.807) is 0 Å². The Morgan fingerprint density at radius 2 is 2.35 bits per heavy atom.